The first kappa shape index (κ1) is 14.6. The summed E-state index contributed by atoms with van der Waals surface area (Å²) in [4.78, 5) is 4.38. The Kier molecular flexibility index (Phi) is 4.13. The van der Waals surface area contributed by atoms with Crippen molar-refractivity contribution in [1.82, 2.24) is 10.3 Å². The molecule has 0 bridgehead atoms. The van der Waals surface area contributed by atoms with E-state index in [0.717, 1.165) is 10.9 Å². The number of nitrogens with one attached hydrogen (secondary N) is 1. The van der Waals surface area contributed by atoms with Gasteiger partial charge in [-0.15, -0.1) is 0 Å². The second kappa shape index (κ2) is 5.66. The SMILES string of the molecule is CC(CC(F)(F)F)NCc1cc(N)c2ccccc2n1. The second-order valence-electron chi connectivity index (χ2n) is 4.82. The van der Waals surface area contributed by atoms with Crippen LogP contribution in [0.15, 0.2) is 30.3 Å². The Labute approximate surface area is 115 Å². The largest absolute Gasteiger partial charge is 0.398 e. The van der Waals surface area contributed by atoms with Gasteiger partial charge in [0.25, 0.3) is 0 Å². The molecule has 0 aliphatic rings. The minimum atomic E-state index is -4.16. The van der Waals surface area contributed by atoms with Gasteiger partial charge in [0, 0.05) is 23.7 Å². The van der Waals surface area contributed by atoms with Crippen molar-refractivity contribution in [2.75, 3.05) is 5.73 Å². The Bertz CT molecular complexity index is 596. The molecule has 108 valence electrons. The summed E-state index contributed by atoms with van der Waals surface area (Å²) in [6.45, 7) is 1.75. The van der Waals surface area contributed by atoms with Gasteiger partial charge in [0.1, 0.15) is 0 Å². The maximum atomic E-state index is 12.2. The number of aromatic nitrogens is 1. The van der Waals surface area contributed by atoms with Crippen LogP contribution >= 0.6 is 0 Å². The highest BCUT2D eigenvalue weighted by atomic mass is 19.4. The maximum Gasteiger partial charge on any atom is 0.390 e. The van der Waals surface area contributed by atoms with E-state index in [1.165, 1.54) is 6.92 Å². The van der Waals surface area contributed by atoms with E-state index in [9.17, 15) is 13.2 Å². The number of para-hydroxylation sites is 1. The van der Waals surface area contributed by atoms with Gasteiger partial charge in [-0.25, -0.2) is 0 Å². The fourth-order valence-electron chi connectivity index (χ4n) is 2.05. The molecule has 0 spiro atoms. The van der Waals surface area contributed by atoms with E-state index in [0.29, 0.717) is 11.4 Å². The van der Waals surface area contributed by atoms with Crippen LogP contribution in [0.1, 0.15) is 19.0 Å². The molecule has 0 aliphatic heterocycles. The third-order valence-corrected chi connectivity index (χ3v) is 2.97. The first-order valence-corrected chi connectivity index (χ1v) is 6.29. The van der Waals surface area contributed by atoms with Crippen LogP contribution in [0.25, 0.3) is 10.9 Å². The summed E-state index contributed by atoms with van der Waals surface area (Å²) < 4.78 is 36.7. The highest BCUT2D eigenvalue weighted by Crippen LogP contribution is 2.22. The molecule has 1 unspecified atom stereocenters. The van der Waals surface area contributed by atoms with Crippen LogP contribution in [0.3, 0.4) is 0 Å². The lowest BCUT2D eigenvalue weighted by Gasteiger charge is -2.16. The summed E-state index contributed by atoms with van der Waals surface area (Å²) >= 11 is 0. The fraction of sp³-hybridized carbons (Fsp3) is 0.357. The third-order valence-electron chi connectivity index (χ3n) is 2.97. The third kappa shape index (κ3) is 3.84. The molecule has 0 radical (unpaired) electrons. The van der Waals surface area contributed by atoms with Crippen LogP contribution in [0.2, 0.25) is 0 Å². The Morgan fingerprint density at radius 1 is 1.30 bits per heavy atom. The summed E-state index contributed by atoms with van der Waals surface area (Å²) in [5.41, 5.74) is 7.87. The molecule has 3 nitrogen and oxygen atoms in total. The van der Waals surface area contributed by atoms with Crippen LogP contribution < -0.4 is 11.1 Å². The standard InChI is InChI=1S/C14H16F3N3/c1-9(7-14(15,16)17)19-8-10-6-12(18)11-4-2-3-5-13(11)20-10/h2-6,9,19H,7-8H2,1H3,(H2,18,20). The first-order valence-electron chi connectivity index (χ1n) is 6.29. The summed E-state index contributed by atoms with van der Waals surface area (Å²) in [6, 6.07) is 8.43. The number of alkyl halides is 3. The van der Waals surface area contributed by atoms with E-state index in [-0.39, 0.29) is 6.54 Å². The molecule has 0 fully saturated rings. The highest BCUT2D eigenvalue weighted by molar-refractivity contribution is 5.90. The van der Waals surface area contributed by atoms with Crippen LogP contribution in [0.4, 0.5) is 18.9 Å². The van der Waals surface area contributed by atoms with Crippen molar-refractivity contribution in [2.45, 2.75) is 32.1 Å². The lowest BCUT2D eigenvalue weighted by atomic mass is 10.1. The van der Waals surface area contributed by atoms with Crippen molar-refractivity contribution in [1.29, 1.82) is 0 Å². The Balaban J connectivity index is 2.07. The van der Waals surface area contributed by atoms with E-state index in [1.54, 1.807) is 6.07 Å². The van der Waals surface area contributed by atoms with Gasteiger partial charge in [-0.2, -0.15) is 13.2 Å². The van der Waals surface area contributed by atoms with Gasteiger partial charge < -0.3 is 11.1 Å². The zero-order valence-corrected chi connectivity index (χ0v) is 11.0. The van der Waals surface area contributed by atoms with Crippen molar-refractivity contribution in [2.24, 2.45) is 0 Å². The molecule has 1 aromatic heterocycles. The summed E-state index contributed by atoms with van der Waals surface area (Å²) in [6.07, 6.45) is -5.03. The zero-order chi connectivity index (χ0) is 14.8. The first-order chi connectivity index (χ1) is 9.35. The molecule has 1 heterocycles. The minimum absolute atomic E-state index is 0.256. The molecule has 1 atom stereocenters. The Morgan fingerprint density at radius 2 is 2.00 bits per heavy atom. The number of anilines is 1. The molecule has 20 heavy (non-hydrogen) atoms. The lowest BCUT2D eigenvalue weighted by molar-refractivity contribution is -0.139. The molecular weight excluding hydrogens is 267 g/mol. The Morgan fingerprint density at radius 3 is 2.70 bits per heavy atom. The number of halogens is 3. The molecule has 0 saturated heterocycles. The predicted octanol–water partition coefficient (Wildman–Crippen LogP) is 3.25. The molecule has 2 rings (SSSR count). The van der Waals surface area contributed by atoms with Gasteiger partial charge in [0.15, 0.2) is 0 Å². The molecule has 0 aliphatic carbocycles. The lowest BCUT2D eigenvalue weighted by Crippen LogP contribution is -2.31. The number of rotatable bonds is 4. The maximum absolute atomic E-state index is 12.2. The highest BCUT2D eigenvalue weighted by Gasteiger charge is 2.29. The number of fused-ring (bicyclic) bond motifs is 1. The normalized spacial score (nSPS) is 13.6. The van der Waals surface area contributed by atoms with Crippen LogP contribution in [0.5, 0.6) is 0 Å². The van der Waals surface area contributed by atoms with Crippen molar-refractivity contribution >= 4 is 16.6 Å². The molecule has 2 aromatic rings. The van der Waals surface area contributed by atoms with Crippen molar-refractivity contribution in [3.05, 3.63) is 36.0 Å². The van der Waals surface area contributed by atoms with Crippen molar-refractivity contribution in [3.8, 4) is 0 Å². The quantitative estimate of drug-likeness (QED) is 0.905. The number of nitrogen functional groups attached to an aromatic ring is 1. The van der Waals surface area contributed by atoms with Crippen LogP contribution in [-0.2, 0) is 6.54 Å². The predicted molar refractivity (Wildman–Crippen MR) is 73.1 cm³/mol. The fourth-order valence-corrected chi connectivity index (χ4v) is 2.05. The molecule has 0 amide bonds. The second-order valence-corrected chi connectivity index (χ2v) is 4.82. The summed E-state index contributed by atoms with van der Waals surface area (Å²) in [5.74, 6) is 0. The van der Waals surface area contributed by atoms with Gasteiger partial charge in [0.2, 0.25) is 0 Å². The van der Waals surface area contributed by atoms with Gasteiger partial charge in [-0.05, 0) is 19.1 Å². The smallest absolute Gasteiger partial charge is 0.390 e. The number of nitrogens with two attached hydrogens (primary N) is 1. The van der Waals surface area contributed by atoms with Crippen LogP contribution in [-0.4, -0.2) is 17.2 Å². The van der Waals surface area contributed by atoms with E-state index in [2.05, 4.69) is 10.3 Å². The number of hydrogen-bond donors (Lipinski definition) is 2. The number of pyridine rings is 1. The average Bonchev–Trinajstić information content (AvgIpc) is 2.34. The van der Waals surface area contributed by atoms with Gasteiger partial charge in [0.05, 0.1) is 17.6 Å². The zero-order valence-electron chi connectivity index (χ0n) is 11.0. The number of benzene rings is 1. The summed E-state index contributed by atoms with van der Waals surface area (Å²) in [7, 11) is 0. The van der Waals surface area contributed by atoms with Crippen LogP contribution in [0, 0.1) is 0 Å². The van der Waals surface area contributed by atoms with Gasteiger partial charge >= 0.3 is 6.18 Å². The van der Waals surface area contributed by atoms with E-state index < -0.39 is 18.6 Å². The Hall–Kier alpha value is -1.82. The molecular formula is C14H16F3N3. The molecule has 6 heteroatoms. The van der Waals surface area contributed by atoms with Gasteiger partial charge in [-0.1, -0.05) is 18.2 Å². The molecule has 3 N–H and O–H groups in total. The average molecular weight is 283 g/mol. The number of hydrogen-bond acceptors (Lipinski definition) is 3. The van der Waals surface area contributed by atoms with Crippen molar-refractivity contribution in [3.63, 3.8) is 0 Å². The van der Waals surface area contributed by atoms with E-state index >= 15 is 0 Å². The topological polar surface area (TPSA) is 50.9 Å². The van der Waals surface area contributed by atoms with Gasteiger partial charge in [-0.3, -0.25) is 4.98 Å². The van der Waals surface area contributed by atoms with E-state index in [4.69, 9.17) is 5.73 Å². The molecule has 0 saturated carbocycles. The van der Waals surface area contributed by atoms with Crippen molar-refractivity contribution < 1.29 is 13.2 Å². The summed E-state index contributed by atoms with van der Waals surface area (Å²) in [5, 5.41) is 3.66. The minimum Gasteiger partial charge on any atom is -0.398 e. The molecule has 1 aromatic carbocycles. The number of nitrogens with zero attached hydrogens (tertiary/aromatic N) is 1. The monoisotopic (exact) mass is 283 g/mol. The van der Waals surface area contributed by atoms with E-state index in [1.807, 2.05) is 24.3 Å².